The van der Waals surface area contributed by atoms with E-state index < -0.39 is 0 Å². The Morgan fingerprint density at radius 1 is 1.55 bits per heavy atom. The lowest BCUT2D eigenvalue weighted by Gasteiger charge is -2.40. The summed E-state index contributed by atoms with van der Waals surface area (Å²) >= 11 is 0. The van der Waals surface area contributed by atoms with Crippen molar-refractivity contribution < 1.29 is 4.79 Å². The van der Waals surface area contributed by atoms with Crippen molar-refractivity contribution in [3.05, 3.63) is 29.8 Å². The van der Waals surface area contributed by atoms with Gasteiger partial charge in [-0.25, -0.2) is 4.79 Å². The number of anilines is 1. The molecule has 0 spiro atoms. The van der Waals surface area contributed by atoms with E-state index in [0.29, 0.717) is 17.8 Å². The average molecular weight is 272 g/mol. The van der Waals surface area contributed by atoms with Crippen LogP contribution in [0.3, 0.4) is 0 Å². The van der Waals surface area contributed by atoms with Crippen LogP contribution in [0.1, 0.15) is 31.7 Å². The monoisotopic (exact) mass is 272 g/mol. The molecular weight excluding hydrogens is 252 g/mol. The third kappa shape index (κ3) is 3.09. The molecule has 0 aliphatic carbocycles. The van der Waals surface area contributed by atoms with E-state index in [-0.39, 0.29) is 18.1 Å². The van der Waals surface area contributed by atoms with Gasteiger partial charge in [-0.05, 0) is 44.4 Å². The summed E-state index contributed by atoms with van der Waals surface area (Å²) in [5.41, 5.74) is 6.94. The number of hydrogen-bond acceptors (Lipinski definition) is 3. The molecular formula is C15H20N4O. The van der Waals surface area contributed by atoms with Crippen molar-refractivity contribution in [3.8, 4) is 6.07 Å². The molecule has 5 heteroatoms. The number of nitrogens with two attached hydrogens (primary N) is 1. The number of carbonyl (C=O) groups is 1. The highest BCUT2D eigenvalue weighted by atomic mass is 16.2. The van der Waals surface area contributed by atoms with Gasteiger partial charge in [0, 0.05) is 24.3 Å². The molecule has 0 saturated carbocycles. The summed E-state index contributed by atoms with van der Waals surface area (Å²) in [5, 5.41) is 11.7. The Bertz CT molecular complexity index is 523. The van der Waals surface area contributed by atoms with E-state index in [2.05, 4.69) is 11.4 Å². The molecule has 1 fully saturated rings. The van der Waals surface area contributed by atoms with E-state index in [1.165, 1.54) is 0 Å². The van der Waals surface area contributed by atoms with Crippen molar-refractivity contribution >= 4 is 11.7 Å². The van der Waals surface area contributed by atoms with Crippen molar-refractivity contribution in [1.29, 1.82) is 5.26 Å². The Labute approximate surface area is 119 Å². The molecule has 0 radical (unpaired) electrons. The number of hydrogen-bond donors (Lipinski definition) is 2. The molecule has 3 N–H and O–H groups in total. The summed E-state index contributed by atoms with van der Waals surface area (Å²) in [4.78, 5) is 14.3. The Balaban J connectivity index is 2.11. The number of benzene rings is 1. The molecule has 2 unspecified atom stereocenters. The molecule has 106 valence electrons. The number of nitriles is 1. The van der Waals surface area contributed by atoms with E-state index in [1.54, 1.807) is 24.3 Å². The fourth-order valence-electron chi connectivity index (χ4n) is 2.74. The predicted octanol–water partition coefficient (Wildman–Crippen LogP) is 2.29. The largest absolute Gasteiger partial charge is 0.328 e. The minimum atomic E-state index is -0.136. The van der Waals surface area contributed by atoms with Gasteiger partial charge in [0.05, 0.1) is 11.6 Å². The maximum absolute atomic E-state index is 12.4. The van der Waals surface area contributed by atoms with Crippen LogP contribution >= 0.6 is 0 Å². The number of likely N-dealkylation sites (tertiary alicyclic amines) is 1. The van der Waals surface area contributed by atoms with Gasteiger partial charge < -0.3 is 16.0 Å². The first-order valence-electron chi connectivity index (χ1n) is 6.95. The van der Waals surface area contributed by atoms with Gasteiger partial charge >= 0.3 is 6.03 Å². The SMILES string of the molecule is CC1CCCC(CN)N1C(=O)Nc1cccc(C#N)c1. The zero-order chi connectivity index (χ0) is 14.5. The Morgan fingerprint density at radius 2 is 2.35 bits per heavy atom. The first kappa shape index (κ1) is 14.4. The molecule has 0 bridgehead atoms. The van der Waals surface area contributed by atoms with Crippen molar-refractivity contribution in [2.24, 2.45) is 5.73 Å². The van der Waals surface area contributed by atoms with Gasteiger partial charge in [-0.1, -0.05) is 6.07 Å². The standard InChI is InChI=1S/C15H20N4O/c1-11-4-2-7-14(10-17)19(11)15(20)18-13-6-3-5-12(8-13)9-16/h3,5-6,8,11,14H,2,4,7,10,17H2,1H3,(H,18,20). The maximum Gasteiger partial charge on any atom is 0.322 e. The molecule has 1 aromatic rings. The lowest BCUT2D eigenvalue weighted by atomic mass is 9.97. The van der Waals surface area contributed by atoms with Crippen LogP contribution < -0.4 is 11.1 Å². The van der Waals surface area contributed by atoms with Gasteiger partial charge in [0.1, 0.15) is 0 Å². The fraction of sp³-hybridized carbons (Fsp3) is 0.467. The molecule has 2 amide bonds. The minimum Gasteiger partial charge on any atom is -0.328 e. The number of piperidine rings is 1. The van der Waals surface area contributed by atoms with Crippen LogP contribution in [-0.2, 0) is 0 Å². The van der Waals surface area contributed by atoms with Crippen LogP contribution in [0.25, 0.3) is 0 Å². The lowest BCUT2D eigenvalue weighted by Crippen LogP contribution is -2.53. The molecule has 1 heterocycles. The maximum atomic E-state index is 12.4. The summed E-state index contributed by atoms with van der Waals surface area (Å²) in [6.07, 6.45) is 3.06. The molecule has 0 aromatic heterocycles. The topological polar surface area (TPSA) is 82.2 Å². The van der Waals surface area contributed by atoms with Crippen molar-refractivity contribution in [2.45, 2.75) is 38.3 Å². The second-order valence-corrected chi connectivity index (χ2v) is 5.20. The van der Waals surface area contributed by atoms with Gasteiger partial charge in [-0.3, -0.25) is 0 Å². The van der Waals surface area contributed by atoms with Gasteiger partial charge in [-0.15, -0.1) is 0 Å². The molecule has 1 saturated heterocycles. The number of amides is 2. The Hall–Kier alpha value is -2.06. The molecule has 5 nitrogen and oxygen atoms in total. The summed E-state index contributed by atoms with van der Waals surface area (Å²) in [7, 11) is 0. The lowest BCUT2D eigenvalue weighted by molar-refractivity contribution is 0.128. The Kier molecular flexibility index (Phi) is 4.59. The fourth-order valence-corrected chi connectivity index (χ4v) is 2.74. The minimum absolute atomic E-state index is 0.0953. The van der Waals surface area contributed by atoms with Crippen molar-refractivity contribution in [3.63, 3.8) is 0 Å². The van der Waals surface area contributed by atoms with Gasteiger partial charge in [0.15, 0.2) is 0 Å². The summed E-state index contributed by atoms with van der Waals surface area (Å²) in [6.45, 7) is 2.53. The van der Waals surface area contributed by atoms with Crippen LogP contribution in [0.4, 0.5) is 10.5 Å². The van der Waals surface area contributed by atoms with E-state index in [9.17, 15) is 4.79 Å². The first-order chi connectivity index (χ1) is 9.65. The van der Waals surface area contributed by atoms with E-state index in [1.807, 2.05) is 11.8 Å². The third-order valence-electron chi connectivity index (χ3n) is 3.78. The third-order valence-corrected chi connectivity index (χ3v) is 3.78. The van der Waals surface area contributed by atoms with Gasteiger partial charge in [0.25, 0.3) is 0 Å². The first-order valence-corrected chi connectivity index (χ1v) is 6.95. The molecule has 1 aliphatic heterocycles. The van der Waals surface area contributed by atoms with E-state index >= 15 is 0 Å². The molecule has 1 aliphatic rings. The summed E-state index contributed by atoms with van der Waals surface area (Å²) in [5.74, 6) is 0. The number of urea groups is 1. The number of nitrogens with one attached hydrogen (secondary N) is 1. The zero-order valence-corrected chi connectivity index (χ0v) is 11.7. The molecule has 2 atom stereocenters. The van der Waals surface area contributed by atoms with Crippen LogP contribution in [0.15, 0.2) is 24.3 Å². The highest BCUT2D eigenvalue weighted by molar-refractivity contribution is 5.90. The summed E-state index contributed by atoms with van der Waals surface area (Å²) < 4.78 is 0. The van der Waals surface area contributed by atoms with Crippen LogP contribution in [0.2, 0.25) is 0 Å². The second-order valence-electron chi connectivity index (χ2n) is 5.20. The summed E-state index contributed by atoms with van der Waals surface area (Å²) in [6, 6.07) is 9.14. The van der Waals surface area contributed by atoms with E-state index in [0.717, 1.165) is 19.3 Å². The van der Waals surface area contributed by atoms with Gasteiger partial charge in [0.2, 0.25) is 0 Å². The zero-order valence-electron chi connectivity index (χ0n) is 11.7. The normalized spacial score (nSPS) is 22.1. The quantitative estimate of drug-likeness (QED) is 0.866. The van der Waals surface area contributed by atoms with Crippen LogP contribution in [0, 0.1) is 11.3 Å². The number of rotatable bonds is 2. The highest BCUT2D eigenvalue weighted by Gasteiger charge is 2.30. The smallest absolute Gasteiger partial charge is 0.322 e. The molecule has 2 rings (SSSR count). The highest BCUT2D eigenvalue weighted by Crippen LogP contribution is 2.23. The molecule has 1 aromatic carbocycles. The number of carbonyl (C=O) groups excluding carboxylic acids is 1. The van der Waals surface area contributed by atoms with Crippen LogP contribution in [0.5, 0.6) is 0 Å². The Morgan fingerprint density at radius 3 is 3.05 bits per heavy atom. The van der Waals surface area contributed by atoms with Crippen molar-refractivity contribution in [2.75, 3.05) is 11.9 Å². The average Bonchev–Trinajstić information content (AvgIpc) is 2.46. The van der Waals surface area contributed by atoms with Crippen molar-refractivity contribution in [1.82, 2.24) is 4.90 Å². The second kappa shape index (κ2) is 6.40. The molecule has 20 heavy (non-hydrogen) atoms. The predicted molar refractivity (Wildman–Crippen MR) is 78.2 cm³/mol. The number of nitrogens with zero attached hydrogens (tertiary/aromatic N) is 2. The van der Waals surface area contributed by atoms with Gasteiger partial charge in [-0.2, -0.15) is 5.26 Å². The van der Waals surface area contributed by atoms with Crippen LogP contribution in [-0.4, -0.2) is 29.6 Å². The van der Waals surface area contributed by atoms with E-state index in [4.69, 9.17) is 11.0 Å².